The third-order valence-corrected chi connectivity index (χ3v) is 4.92. The van der Waals surface area contributed by atoms with E-state index in [2.05, 4.69) is 27.4 Å². The molecule has 2 N–H and O–H groups in total. The van der Waals surface area contributed by atoms with Crippen molar-refractivity contribution >= 4 is 29.1 Å². The van der Waals surface area contributed by atoms with E-state index in [1.807, 2.05) is 6.92 Å². The third kappa shape index (κ3) is 6.59. The highest BCUT2D eigenvalue weighted by atomic mass is 35.5. The van der Waals surface area contributed by atoms with Crippen molar-refractivity contribution < 1.29 is 9.59 Å². The first kappa shape index (κ1) is 20.7. The Hall–Kier alpha value is -1.63. The maximum Gasteiger partial charge on any atom is 0.241 e. The molecule has 1 aliphatic rings. The van der Waals surface area contributed by atoms with E-state index in [1.54, 1.807) is 24.3 Å². The number of halogens is 1. The zero-order chi connectivity index (χ0) is 18.9. The molecule has 144 valence electrons. The molecule has 0 aromatic heterocycles. The van der Waals surface area contributed by atoms with Gasteiger partial charge in [-0.15, -0.1) is 0 Å². The van der Waals surface area contributed by atoms with Gasteiger partial charge < -0.3 is 10.6 Å². The number of carbonyl (C=O) groups excluding carboxylic acids is 2. The number of nitrogens with one attached hydrogen (secondary N) is 2. The smallest absolute Gasteiger partial charge is 0.241 e. The third-order valence-electron chi connectivity index (χ3n) is 4.67. The van der Waals surface area contributed by atoms with Crippen LogP contribution in [0.3, 0.4) is 0 Å². The Labute approximate surface area is 160 Å². The fourth-order valence-corrected chi connectivity index (χ4v) is 3.04. The number of rotatable bonds is 8. The molecule has 2 amide bonds. The van der Waals surface area contributed by atoms with Crippen molar-refractivity contribution in [1.82, 2.24) is 15.1 Å². The highest BCUT2D eigenvalue weighted by Crippen LogP contribution is 2.15. The summed E-state index contributed by atoms with van der Waals surface area (Å²) < 4.78 is 0. The van der Waals surface area contributed by atoms with E-state index in [0.29, 0.717) is 11.6 Å². The van der Waals surface area contributed by atoms with Crippen LogP contribution in [0.5, 0.6) is 0 Å². The molecule has 1 aromatic rings. The summed E-state index contributed by atoms with van der Waals surface area (Å²) in [5, 5.41) is 6.51. The number of hydrogen-bond donors (Lipinski definition) is 2. The molecule has 1 unspecified atom stereocenters. The van der Waals surface area contributed by atoms with E-state index in [0.717, 1.165) is 51.3 Å². The fourth-order valence-electron chi connectivity index (χ4n) is 2.92. The van der Waals surface area contributed by atoms with Crippen LogP contribution in [-0.2, 0) is 9.59 Å². The number of carbonyl (C=O) groups is 2. The largest absolute Gasteiger partial charge is 0.355 e. The van der Waals surface area contributed by atoms with Crippen LogP contribution in [-0.4, -0.2) is 66.9 Å². The molecule has 0 saturated carbocycles. The van der Waals surface area contributed by atoms with Crippen LogP contribution < -0.4 is 10.6 Å². The van der Waals surface area contributed by atoms with Crippen LogP contribution in [0.4, 0.5) is 5.69 Å². The summed E-state index contributed by atoms with van der Waals surface area (Å²) in [7, 11) is 0. The minimum Gasteiger partial charge on any atom is -0.355 e. The van der Waals surface area contributed by atoms with Crippen LogP contribution in [0.2, 0.25) is 5.02 Å². The van der Waals surface area contributed by atoms with Crippen molar-refractivity contribution in [2.75, 3.05) is 44.6 Å². The molecule has 1 saturated heterocycles. The molecule has 2 rings (SSSR count). The predicted molar refractivity (Wildman–Crippen MR) is 105 cm³/mol. The maximum atomic E-state index is 12.4. The molecule has 7 heteroatoms. The molecule has 1 atom stereocenters. The van der Waals surface area contributed by atoms with Gasteiger partial charge in [-0.1, -0.05) is 24.9 Å². The maximum absolute atomic E-state index is 12.4. The van der Waals surface area contributed by atoms with Gasteiger partial charge in [-0.25, -0.2) is 0 Å². The SMILES string of the molecule is CCCCNC(=O)CN1CCN(C(C)C(=O)Nc2ccc(Cl)cc2)CC1. The number of unbranched alkanes of at least 4 members (excludes halogenated alkanes) is 1. The molecule has 26 heavy (non-hydrogen) atoms. The lowest BCUT2D eigenvalue weighted by atomic mass is 10.2. The summed E-state index contributed by atoms with van der Waals surface area (Å²) in [4.78, 5) is 28.6. The fraction of sp³-hybridized carbons (Fsp3) is 0.579. The van der Waals surface area contributed by atoms with E-state index < -0.39 is 0 Å². The van der Waals surface area contributed by atoms with E-state index in [9.17, 15) is 9.59 Å². The number of anilines is 1. The Kier molecular flexibility index (Phi) is 8.35. The molecule has 6 nitrogen and oxygen atoms in total. The minimum absolute atomic E-state index is 0.0296. The molecular weight excluding hydrogens is 352 g/mol. The van der Waals surface area contributed by atoms with Crippen molar-refractivity contribution in [2.45, 2.75) is 32.7 Å². The van der Waals surface area contributed by atoms with Gasteiger partial charge >= 0.3 is 0 Å². The first-order valence-corrected chi connectivity index (χ1v) is 9.67. The van der Waals surface area contributed by atoms with Gasteiger partial charge in [0, 0.05) is 43.4 Å². The average Bonchev–Trinajstić information content (AvgIpc) is 2.64. The van der Waals surface area contributed by atoms with Crippen LogP contribution in [0.25, 0.3) is 0 Å². The molecule has 1 fully saturated rings. The van der Waals surface area contributed by atoms with E-state index in [4.69, 9.17) is 11.6 Å². The molecule has 1 heterocycles. The Morgan fingerprint density at radius 2 is 1.81 bits per heavy atom. The molecule has 0 bridgehead atoms. The molecule has 0 radical (unpaired) electrons. The molecule has 1 aliphatic heterocycles. The van der Waals surface area contributed by atoms with E-state index in [1.165, 1.54) is 0 Å². The van der Waals surface area contributed by atoms with Gasteiger partial charge in [-0.05, 0) is 37.6 Å². The summed E-state index contributed by atoms with van der Waals surface area (Å²) in [6.45, 7) is 8.34. The normalized spacial score (nSPS) is 16.9. The van der Waals surface area contributed by atoms with Crippen molar-refractivity contribution in [1.29, 1.82) is 0 Å². The zero-order valence-electron chi connectivity index (χ0n) is 15.6. The molecule has 0 aliphatic carbocycles. The topological polar surface area (TPSA) is 64.7 Å². The molecular formula is C19H29ClN4O2. The van der Waals surface area contributed by atoms with Crippen molar-refractivity contribution in [3.8, 4) is 0 Å². The highest BCUT2D eigenvalue weighted by molar-refractivity contribution is 6.30. The van der Waals surface area contributed by atoms with E-state index >= 15 is 0 Å². The average molecular weight is 381 g/mol. The minimum atomic E-state index is -0.216. The van der Waals surface area contributed by atoms with Crippen molar-refractivity contribution in [3.63, 3.8) is 0 Å². The summed E-state index contributed by atoms with van der Waals surface area (Å²) in [5.41, 5.74) is 0.744. The second-order valence-corrected chi connectivity index (χ2v) is 7.12. The Morgan fingerprint density at radius 1 is 1.15 bits per heavy atom. The van der Waals surface area contributed by atoms with Crippen LogP contribution in [0, 0.1) is 0 Å². The zero-order valence-corrected chi connectivity index (χ0v) is 16.4. The number of nitrogens with zero attached hydrogens (tertiary/aromatic N) is 2. The van der Waals surface area contributed by atoms with Crippen LogP contribution >= 0.6 is 11.6 Å². The lowest BCUT2D eigenvalue weighted by Crippen LogP contribution is -2.54. The number of piperazine rings is 1. The lowest BCUT2D eigenvalue weighted by molar-refractivity contribution is -0.124. The van der Waals surface area contributed by atoms with Gasteiger partial charge in [0.05, 0.1) is 12.6 Å². The first-order valence-electron chi connectivity index (χ1n) is 9.29. The van der Waals surface area contributed by atoms with E-state index in [-0.39, 0.29) is 17.9 Å². The van der Waals surface area contributed by atoms with Crippen molar-refractivity contribution in [2.24, 2.45) is 0 Å². The Bertz CT molecular complexity index is 586. The van der Waals surface area contributed by atoms with Gasteiger partial charge in [0.15, 0.2) is 0 Å². The van der Waals surface area contributed by atoms with Gasteiger partial charge in [0.2, 0.25) is 11.8 Å². The van der Waals surface area contributed by atoms with Gasteiger partial charge in [-0.2, -0.15) is 0 Å². The highest BCUT2D eigenvalue weighted by Gasteiger charge is 2.26. The van der Waals surface area contributed by atoms with Gasteiger partial charge in [-0.3, -0.25) is 19.4 Å². The molecule has 0 spiro atoms. The Balaban J connectivity index is 1.73. The summed E-state index contributed by atoms with van der Waals surface area (Å²) >= 11 is 5.86. The second-order valence-electron chi connectivity index (χ2n) is 6.69. The second kappa shape index (κ2) is 10.5. The summed E-state index contributed by atoms with van der Waals surface area (Å²) in [6.07, 6.45) is 2.09. The van der Waals surface area contributed by atoms with Gasteiger partial charge in [0.25, 0.3) is 0 Å². The Morgan fingerprint density at radius 3 is 2.42 bits per heavy atom. The first-order chi connectivity index (χ1) is 12.5. The molecule has 1 aromatic carbocycles. The quantitative estimate of drug-likeness (QED) is 0.678. The summed E-state index contributed by atoms with van der Waals surface area (Å²) in [6, 6.07) is 6.88. The van der Waals surface area contributed by atoms with Crippen LogP contribution in [0.15, 0.2) is 24.3 Å². The van der Waals surface area contributed by atoms with Gasteiger partial charge in [0.1, 0.15) is 0 Å². The number of benzene rings is 1. The predicted octanol–water partition coefficient (Wildman–Crippen LogP) is 2.20. The lowest BCUT2D eigenvalue weighted by Gasteiger charge is -2.37. The number of hydrogen-bond acceptors (Lipinski definition) is 4. The monoisotopic (exact) mass is 380 g/mol. The summed E-state index contributed by atoms with van der Waals surface area (Å²) in [5.74, 6) is 0.0542. The number of amides is 2. The van der Waals surface area contributed by atoms with Crippen LogP contribution in [0.1, 0.15) is 26.7 Å². The standard InChI is InChI=1S/C19H29ClN4O2/c1-3-4-9-21-18(25)14-23-10-12-24(13-11-23)15(2)19(26)22-17-7-5-16(20)6-8-17/h5-8,15H,3-4,9-14H2,1-2H3,(H,21,25)(H,22,26). The van der Waals surface area contributed by atoms with Crippen molar-refractivity contribution in [3.05, 3.63) is 29.3 Å².